The zero-order chi connectivity index (χ0) is 12.3. The van der Waals surface area contributed by atoms with Crippen LogP contribution >= 0.6 is 0 Å². The lowest BCUT2D eigenvalue weighted by molar-refractivity contribution is -0.385. The molecule has 0 radical (unpaired) electrons. The van der Waals surface area contributed by atoms with Gasteiger partial charge >= 0.3 is 11.9 Å². The maximum atomic E-state index is 10.6. The first-order valence-corrected chi connectivity index (χ1v) is 4.14. The van der Waals surface area contributed by atoms with Crippen molar-refractivity contribution in [2.45, 2.75) is 6.42 Å². The summed E-state index contributed by atoms with van der Waals surface area (Å²) in [7, 11) is 0. The van der Waals surface area contributed by atoms with Crippen molar-refractivity contribution in [3.8, 4) is 0 Å². The van der Waals surface area contributed by atoms with Crippen molar-refractivity contribution >= 4 is 17.6 Å². The summed E-state index contributed by atoms with van der Waals surface area (Å²) in [6.07, 6.45) is -0.586. The maximum absolute atomic E-state index is 10.6. The van der Waals surface area contributed by atoms with Gasteiger partial charge in [0.2, 0.25) is 0 Å². The highest BCUT2D eigenvalue weighted by molar-refractivity contribution is 5.88. The molecule has 1 rings (SSSR count). The van der Waals surface area contributed by atoms with E-state index in [0.717, 1.165) is 18.2 Å². The molecule has 0 bridgehead atoms. The molecule has 1 aromatic carbocycles. The summed E-state index contributed by atoms with van der Waals surface area (Å²) in [6, 6.07) is 3.04. The van der Waals surface area contributed by atoms with Crippen LogP contribution in [0.4, 0.5) is 5.69 Å². The van der Waals surface area contributed by atoms with Gasteiger partial charge in [-0.15, -0.1) is 0 Å². The summed E-state index contributed by atoms with van der Waals surface area (Å²) >= 11 is 0. The summed E-state index contributed by atoms with van der Waals surface area (Å²) in [5.74, 6) is -2.52. The van der Waals surface area contributed by atoms with Gasteiger partial charge < -0.3 is 10.2 Å². The van der Waals surface area contributed by atoms with Gasteiger partial charge in [-0.3, -0.25) is 14.9 Å². The Labute approximate surface area is 89.1 Å². The number of nitrogens with zero attached hydrogens (tertiary/aromatic N) is 1. The minimum absolute atomic E-state index is 0.127. The predicted octanol–water partition coefficient (Wildman–Crippen LogP) is 0.920. The van der Waals surface area contributed by atoms with Crippen molar-refractivity contribution in [1.29, 1.82) is 0 Å². The first-order chi connectivity index (χ1) is 7.41. The third-order valence-corrected chi connectivity index (χ3v) is 1.86. The van der Waals surface area contributed by atoms with Gasteiger partial charge in [0.15, 0.2) is 0 Å². The Morgan fingerprint density at radius 3 is 2.38 bits per heavy atom. The van der Waals surface area contributed by atoms with Crippen LogP contribution in [0.25, 0.3) is 0 Å². The van der Waals surface area contributed by atoms with Crippen LogP contribution in [-0.4, -0.2) is 27.1 Å². The van der Waals surface area contributed by atoms with Crippen LogP contribution in [0, 0.1) is 10.1 Å². The second-order valence-corrected chi connectivity index (χ2v) is 2.98. The average molecular weight is 225 g/mol. The van der Waals surface area contributed by atoms with E-state index in [0.29, 0.717) is 0 Å². The number of nitro groups is 1. The van der Waals surface area contributed by atoms with Crippen molar-refractivity contribution in [2.75, 3.05) is 0 Å². The van der Waals surface area contributed by atoms with Crippen molar-refractivity contribution in [2.24, 2.45) is 0 Å². The van der Waals surface area contributed by atoms with E-state index in [-0.39, 0.29) is 11.1 Å². The fourth-order valence-corrected chi connectivity index (χ4v) is 1.20. The van der Waals surface area contributed by atoms with Gasteiger partial charge in [-0.2, -0.15) is 0 Å². The molecule has 0 unspecified atom stereocenters. The summed E-state index contributed by atoms with van der Waals surface area (Å²) in [5.41, 5.74) is -0.702. The summed E-state index contributed by atoms with van der Waals surface area (Å²) in [5, 5.41) is 27.7. The Hall–Kier alpha value is -2.44. The van der Waals surface area contributed by atoms with Crippen molar-refractivity contribution in [1.82, 2.24) is 0 Å². The third kappa shape index (κ3) is 2.53. The lowest BCUT2D eigenvalue weighted by Crippen LogP contribution is -2.06. The Kier molecular flexibility index (Phi) is 3.19. The average Bonchev–Trinajstić information content (AvgIpc) is 2.15. The lowest BCUT2D eigenvalue weighted by Gasteiger charge is -2.01. The van der Waals surface area contributed by atoms with E-state index in [4.69, 9.17) is 10.2 Å². The van der Waals surface area contributed by atoms with Crippen LogP contribution in [0.15, 0.2) is 18.2 Å². The highest BCUT2D eigenvalue weighted by Crippen LogP contribution is 2.20. The van der Waals surface area contributed by atoms with Crippen LogP contribution in [0.1, 0.15) is 15.9 Å². The first-order valence-electron chi connectivity index (χ1n) is 4.14. The van der Waals surface area contributed by atoms with E-state index in [1.807, 2.05) is 0 Å². The Morgan fingerprint density at radius 2 is 1.94 bits per heavy atom. The molecular formula is C9H7NO6. The van der Waals surface area contributed by atoms with Gasteiger partial charge in [0, 0.05) is 11.6 Å². The van der Waals surface area contributed by atoms with Gasteiger partial charge in [0.05, 0.1) is 16.9 Å². The molecule has 7 heteroatoms. The van der Waals surface area contributed by atoms with E-state index in [9.17, 15) is 19.7 Å². The number of hydrogen-bond donors (Lipinski definition) is 2. The molecule has 0 fully saturated rings. The maximum Gasteiger partial charge on any atom is 0.335 e. The van der Waals surface area contributed by atoms with Crippen LogP contribution in [0.5, 0.6) is 0 Å². The number of nitro benzene ring substituents is 1. The number of aromatic carboxylic acids is 1. The first kappa shape index (κ1) is 11.6. The number of carboxylic acids is 2. The van der Waals surface area contributed by atoms with E-state index in [2.05, 4.69) is 0 Å². The summed E-state index contributed by atoms with van der Waals surface area (Å²) < 4.78 is 0. The molecule has 0 aliphatic carbocycles. The fraction of sp³-hybridized carbons (Fsp3) is 0.111. The summed E-state index contributed by atoms with van der Waals surface area (Å²) in [6.45, 7) is 0. The fourth-order valence-electron chi connectivity index (χ4n) is 1.20. The lowest BCUT2D eigenvalue weighted by atomic mass is 10.1. The van der Waals surface area contributed by atoms with E-state index in [1.54, 1.807) is 0 Å². The molecule has 0 aromatic heterocycles. The number of rotatable bonds is 4. The topological polar surface area (TPSA) is 118 Å². The predicted molar refractivity (Wildman–Crippen MR) is 51.4 cm³/mol. The number of carboxylic acid groups (broad SMARTS) is 2. The second kappa shape index (κ2) is 4.39. The number of hydrogen-bond acceptors (Lipinski definition) is 4. The molecule has 0 saturated carbocycles. The molecule has 16 heavy (non-hydrogen) atoms. The molecule has 2 N–H and O–H groups in total. The van der Waals surface area contributed by atoms with Crippen LogP contribution in [-0.2, 0) is 11.2 Å². The zero-order valence-electron chi connectivity index (χ0n) is 7.91. The minimum Gasteiger partial charge on any atom is -0.481 e. The Bertz CT molecular complexity index is 467. The number of carbonyl (C=O) groups is 2. The van der Waals surface area contributed by atoms with E-state index in [1.165, 1.54) is 0 Å². The molecule has 1 aromatic rings. The molecule has 0 amide bonds. The van der Waals surface area contributed by atoms with Crippen molar-refractivity contribution in [3.63, 3.8) is 0 Å². The molecular weight excluding hydrogens is 218 g/mol. The standard InChI is InChI=1S/C9H7NO6/c11-8(12)4-6-3-5(9(13)14)1-2-7(6)10(15)16/h1-3H,4H2,(H,11,12)(H,13,14). The quantitative estimate of drug-likeness (QED) is 0.581. The SMILES string of the molecule is O=C(O)Cc1cc(C(=O)O)ccc1[N+](=O)[O-]. The monoisotopic (exact) mass is 225 g/mol. The van der Waals surface area contributed by atoms with Crippen LogP contribution in [0.2, 0.25) is 0 Å². The van der Waals surface area contributed by atoms with Gasteiger partial charge in [-0.25, -0.2) is 4.79 Å². The summed E-state index contributed by atoms with van der Waals surface area (Å²) in [4.78, 5) is 30.9. The molecule has 0 saturated heterocycles. The Balaban J connectivity index is 3.26. The largest absolute Gasteiger partial charge is 0.481 e. The van der Waals surface area contributed by atoms with Gasteiger partial charge in [0.1, 0.15) is 0 Å². The molecule has 84 valence electrons. The second-order valence-electron chi connectivity index (χ2n) is 2.98. The highest BCUT2D eigenvalue weighted by Gasteiger charge is 2.18. The van der Waals surface area contributed by atoms with E-state index < -0.39 is 29.0 Å². The normalized spacial score (nSPS) is 9.75. The Morgan fingerprint density at radius 1 is 1.31 bits per heavy atom. The molecule has 0 atom stereocenters. The van der Waals surface area contributed by atoms with Crippen molar-refractivity contribution < 1.29 is 24.7 Å². The smallest absolute Gasteiger partial charge is 0.335 e. The minimum atomic E-state index is -1.26. The van der Waals surface area contributed by atoms with E-state index >= 15 is 0 Å². The van der Waals surface area contributed by atoms with Crippen molar-refractivity contribution in [3.05, 3.63) is 39.4 Å². The molecule has 0 aliphatic heterocycles. The molecule has 0 heterocycles. The molecule has 0 spiro atoms. The van der Waals surface area contributed by atoms with Crippen LogP contribution in [0.3, 0.4) is 0 Å². The number of benzene rings is 1. The van der Waals surface area contributed by atoms with Gasteiger partial charge in [0.25, 0.3) is 5.69 Å². The van der Waals surface area contributed by atoms with Gasteiger partial charge in [-0.05, 0) is 12.1 Å². The van der Waals surface area contributed by atoms with Gasteiger partial charge in [-0.1, -0.05) is 0 Å². The van der Waals surface area contributed by atoms with Crippen LogP contribution < -0.4 is 0 Å². The number of aliphatic carboxylic acids is 1. The third-order valence-electron chi connectivity index (χ3n) is 1.86. The zero-order valence-corrected chi connectivity index (χ0v) is 7.91. The molecule has 7 nitrogen and oxygen atoms in total. The highest BCUT2D eigenvalue weighted by atomic mass is 16.6. The molecule has 0 aliphatic rings.